The lowest BCUT2D eigenvalue weighted by Crippen LogP contribution is -2.21. The number of benzene rings is 2. The number of halogens is 3. The summed E-state index contributed by atoms with van der Waals surface area (Å²) in [7, 11) is 1.72. The number of alkyl halides is 3. The van der Waals surface area contributed by atoms with Gasteiger partial charge < -0.3 is 4.90 Å². The van der Waals surface area contributed by atoms with Crippen LogP contribution < -0.4 is 4.90 Å². The van der Waals surface area contributed by atoms with Crippen LogP contribution in [-0.4, -0.2) is 17.0 Å². The van der Waals surface area contributed by atoms with Crippen molar-refractivity contribution in [3.8, 4) is 0 Å². The molecule has 1 aromatic heterocycles. The summed E-state index contributed by atoms with van der Waals surface area (Å²) in [6.45, 7) is 0.457. The van der Waals surface area contributed by atoms with Gasteiger partial charge in [-0.1, -0.05) is 42.5 Å². The molecule has 3 aromatic rings. The average Bonchev–Trinajstić information content (AvgIpc) is 2.54. The SMILES string of the molecule is CN(Cc1ccccc1)c1nc(C(F)(F)F)nc2ccccc12. The van der Waals surface area contributed by atoms with Crippen molar-refractivity contribution in [2.45, 2.75) is 12.7 Å². The first-order chi connectivity index (χ1) is 10.9. The molecule has 0 fully saturated rings. The summed E-state index contributed by atoms with van der Waals surface area (Å²) >= 11 is 0. The molecule has 6 heteroatoms. The molecule has 3 rings (SSSR count). The highest BCUT2D eigenvalue weighted by Crippen LogP contribution is 2.31. The smallest absolute Gasteiger partial charge is 0.355 e. The third-order valence-electron chi connectivity index (χ3n) is 3.46. The Kier molecular flexibility index (Phi) is 3.90. The second kappa shape index (κ2) is 5.87. The Balaban J connectivity index is 2.07. The van der Waals surface area contributed by atoms with Crippen molar-refractivity contribution in [3.05, 3.63) is 66.0 Å². The minimum absolute atomic E-state index is 0.270. The van der Waals surface area contributed by atoms with Gasteiger partial charge in [0.1, 0.15) is 5.82 Å². The zero-order valence-corrected chi connectivity index (χ0v) is 12.4. The third kappa shape index (κ3) is 3.26. The van der Waals surface area contributed by atoms with Crippen LogP contribution in [0.4, 0.5) is 19.0 Å². The maximum Gasteiger partial charge on any atom is 0.451 e. The molecule has 3 nitrogen and oxygen atoms in total. The molecule has 118 valence electrons. The summed E-state index contributed by atoms with van der Waals surface area (Å²) in [5, 5.41) is 0.596. The van der Waals surface area contributed by atoms with Crippen molar-refractivity contribution in [2.75, 3.05) is 11.9 Å². The third-order valence-corrected chi connectivity index (χ3v) is 3.46. The van der Waals surface area contributed by atoms with E-state index in [1.165, 1.54) is 0 Å². The van der Waals surface area contributed by atoms with E-state index in [0.717, 1.165) is 5.56 Å². The minimum Gasteiger partial charge on any atom is -0.355 e. The van der Waals surface area contributed by atoms with Gasteiger partial charge >= 0.3 is 6.18 Å². The predicted molar refractivity (Wildman–Crippen MR) is 83.1 cm³/mol. The highest BCUT2D eigenvalue weighted by atomic mass is 19.4. The summed E-state index contributed by atoms with van der Waals surface area (Å²) in [6, 6.07) is 16.2. The maximum atomic E-state index is 13.0. The summed E-state index contributed by atoms with van der Waals surface area (Å²) < 4.78 is 39.1. The van der Waals surface area contributed by atoms with Crippen LogP contribution in [-0.2, 0) is 12.7 Å². The van der Waals surface area contributed by atoms with Gasteiger partial charge in [-0.2, -0.15) is 13.2 Å². The zero-order chi connectivity index (χ0) is 16.4. The second-order valence-corrected chi connectivity index (χ2v) is 5.23. The molecule has 0 unspecified atom stereocenters. The summed E-state index contributed by atoms with van der Waals surface area (Å²) in [5.41, 5.74) is 1.27. The maximum absolute atomic E-state index is 13.0. The number of hydrogen-bond donors (Lipinski definition) is 0. The van der Waals surface area contributed by atoms with Gasteiger partial charge in [0.05, 0.1) is 5.52 Å². The molecule has 23 heavy (non-hydrogen) atoms. The van der Waals surface area contributed by atoms with Crippen LogP contribution in [0.15, 0.2) is 54.6 Å². The van der Waals surface area contributed by atoms with Crippen LogP contribution in [0.3, 0.4) is 0 Å². The monoisotopic (exact) mass is 317 g/mol. The number of hydrogen-bond acceptors (Lipinski definition) is 3. The van der Waals surface area contributed by atoms with Crippen molar-refractivity contribution in [3.63, 3.8) is 0 Å². The van der Waals surface area contributed by atoms with Gasteiger partial charge in [0.2, 0.25) is 5.82 Å². The van der Waals surface area contributed by atoms with Gasteiger partial charge in [-0.15, -0.1) is 0 Å². The molecule has 0 N–H and O–H groups in total. The number of aromatic nitrogens is 2. The fraction of sp³-hybridized carbons (Fsp3) is 0.176. The highest BCUT2D eigenvalue weighted by Gasteiger charge is 2.35. The van der Waals surface area contributed by atoms with E-state index in [-0.39, 0.29) is 11.3 Å². The predicted octanol–water partition coefficient (Wildman–Crippen LogP) is 4.29. The molecule has 0 aliphatic rings. The van der Waals surface area contributed by atoms with Crippen LogP contribution >= 0.6 is 0 Å². The zero-order valence-electron chi connectivity index (χ0n) is 12.4. The molecule has 1 heterocycles. The van der Waals surface area contributed by atoms with E-state index in [1.807, 2.05) is 30.3 Å². The van der Waals surface area contributed by atoms with Crippen molar-refractivity contribution >= 4 is 16.7 Å². The van der Waals surface area contributed by atoms with E-state index < -0.39 is 12.0 Å². The summed E-state index contributed by atoms with van der Waals surface area (Å²) in [5.74, 6) is -0.849. The topological polar surface area (TPSA) is 29.0 Å². The molecule has 0 radical (unpaired) electrons. The Labute approximate surface area is 131 Å². The number of rotatable bonds is 3. The first-order valence-corrected chi connectivity index (χ1v) is 7.04. The normalized spacial score (nSPS) is 11.7. The van der Waals surface area contributed by atoms with Gasteiger partial charge in [-0.05, 0) is 17.7 Å². The van der Waals surface area contributed by atoms with E-state index in [2.05, 4.69) is 9.97 Å². The van der Waals surface area contributed by atoms with Crippen LogP contribution in [0, 0.1) is 0 Å². The van der Waals surface area contributed by atoms with Gasteiger partial charge in [-0.25, -0.2) is 9.97 Å². The Bertz CT molecular complexity index is 816. The number of fused-ring (bicyclic) bond motifs is 1. The van der Waals surface area contributed by atoms with Gasteiger partial charge in [-0.3, -0.25) is 0 Å². The average molecular weight is 317 g/mol. The fourth-order valence-electron chi connectivity index (χ4n) is 2.41. The molecule has 0 saturated heterocycles. The number of anilines is 1. The summed E-state index contributed by atoms with van der Waals surface area (Å²) in [6.07, 6.45) is -4.58. The molecule has 0 aliphatic carbocycles. The van der Waals surface area contributed by atoms with Crippen molar-refractivity contribution < 1.29 is 13.2 Å². The van der Waals surface area contributed by atoms with Crippen LogP contribution in [0.25, 0.3) is 10.9 Å². The van der Waals surface area contributed by atoms with E-state index in [0.29, 0.717) is 11.9 Å². The number of para-hydroxylation sites is 1. The lowest BCUT2D eigenvalue weighted by Gasteiger charge is -2.21. The largest absolute Gasteiger partial charge is 0.451 e. The first kappa shape index (κ1) is 15.3. The van der Waals surface area contributed by atoms with E-state index in [1.54, 1.807) is 36.2 Å². The molecule has 2 aromatic carbocycles. The lowest BCUT2D eigenvalue weighted by molar-refractivity contribution is -0.144. The van der Waals surface area contributed by atoms with Crippen LogP contribution in [0.5, 0.6) is 0 Å². The van der Waals surface area contributed by atoms with Gasteiger partial charge in [0.15, 0.2) is 0 Å². The van der Waals surface area contributed by atoms with Crippen molar-refractivity contribution in [2.24, 2.45) is 0 Å². The fourth-order valence-corrected chi connectivity index (χ4v) is 2.41. The quantitative estimate of drug-likeness (QED) is 0.722. The van der Waals surface area contributed by atoms with E-state index >= 15 is 0 Å². The Morgan fingerprint density at radius 2 is 1.57 bits per heavy atom. The molecule has 0 amide bonds. The standard InChI is InChI=1S/C17H14F3N3/c1-23(11-12-7-3-2-4-8-12)15-13-9-5-6-10-14(13)21-16(22-15)17(18,19)20/h2-10H,11H2,1H3. The minimum atomic E-state index is -4.58. The molecule has 0 atom stereocenters. The first-order valence-electron chi connectivity index (χ1n) is 7.04. The molecular weight excluding hydrogens is 303 g/mol. The Morgan fingerprint density at radius 1 is 0.913 bits per heavy atom. The molecule has 0 saturated carbocycles. The Hall–Kier alpha value is -2.63. The number of nitrogens with zero attached hydrogens (tertiary/aromatic N) is 3. The highest BCUT2D eigenvalue weighted by molar-refractivity contribution is 5.89. The van der Waals surface area contributed by atoms with Crippen LogP contribution in [0.2, 0.25) is 0 Å². The molecular formula is C17H14F3N3. The van der Waals surface area contributed by atoms with E-state index in [4.69, 9.17) is 0 Å². The molecule has 0 spiro atoms. The second-order valence-electron chi connectivity index (χ2n) is 5.23. The lowest BCUT2D eigenvalue weighted by atomic mass is 10.2. The van der Waals surface area contributed by atoms with Gasteiger partial charge in [0.25, 0.3) is 0 Å². The van der Waals surface area contributed by atoms with Gasteiger partial charge in [0, 0.05) is 19.0 Å². The molecule has 0 aliphatic heterocycles. The van der Waals surface area contributed by atoms with Crippen LogP contribution in [0.1, 0.15) is 11.4 Å². The molecule has 0 bridgehead atoms. The van der Waals surface area contributed by atoms with E-state index in [9.17, 15) is 13.2 Å². The van der Waals surface area contributed by atoms with Crippen molar-refractivity contribution in [1.29, 1.82) is 0 Å². The van der Waals surface area contributed by atoms with Crippen molar-refractivity contribution in [1.82, 2.24) is 9.97 Å². The Morgan fingerprint density at radius 3 is 2.26 bits per heavy atom. The summed E-state index contributed by atoms with van der Waals surface area (Å²) in [4.78, 5) is 9.09.